The first kappa shape index (κ1) is 14.0. The highest BCUT2D eigenvalue weighted by molar-refractivity contribution is 7.15. The van der Waals surface area contributed by atoms with Crippen molar-refractivity contribution in [3.05, 3.63) is 57.0 Å². The van der Waals surface area contributed by atoms with Crippen LogP contribution in [0, 0.1) is 10.1 Å². The van der Waals surface area contributed by atoms with Crippen LogP contribution < -0.4 is 11.1 Å². The number of nitrogens with zero attached hydrogens (tertiary/aromatic N) is 1. The number of nitrogens with two attached hydrogens (primary N) is 1. The van der Waals surface area contributed by atoms with E-state index >= 15 is 0 Å². The summed E-state index contributed by atoms with van der Waals surface area (Å²) in [6, 6.07) is 10.6. The summed E-state index contributed by atoms with van der Waals surface area (Å²) in [7, 11) is 0. The number of hydrogen-bond donors (Lipinski definition) is 2. The number of hydrogen-bond acceptors (Lipinski definition) is 5. The van der Waals surface area contributed by atoms with E-state index in [0.29, 0.717) is 6.54 Å². The molecule has 1 amide bonds. The minimum atomic E-state index is -0.396. The third-order valence-corrected chi connectivity index (χ3v) is 3.66. The molecule has 0 spiro atoms. The van der Waals surface area contributed by atoms with Gasteiger partial charge in [-0.25, -0.2) is 0 Å². The number of thiophene rings is 1. The topological polar surface area (TPSA) is 98.3 Å². The molecule has 0 radical (unpaired) electrons. The molecule has 20 heavy (non-hydrogen) atoms. The van der Waals surface area contributed by atoms with Gasteiger partial charge in [0.1, 0.15) is 0 Å². The van der Waals surface area contributed by atoms with Gasteiger partial charge in [-0.05, 0) is 23.8 Å². The van der Waals surface area contributed by atoms with Gasteiger partial charge in [0.05, 0.1) is 11.3 Å². The standard InChI is InChI=1S/C13H13N3O3S/c14-12(17)7-9-1-3-10(4-2-9)15-8-11-5-6-13(20-11)16(18)19/h1-6,15H,7-8H2,(H2,14,17). The van der Waals surface area contributed by atoms with Crippen molar-refractivity contribution < 1.29 is 9.72 Å². The fourth-order valence-electron chi connectivity index (χ4n) is 1.69. The molecule has 1 heterocycles. The second kappa shape index (κ2) is 6.16. The van der Waals surface area contributed by atoms with Gasteiger partial charge in [-0.15, -0.1) is 0 Å². The quantitative estimate of drug-likeness (QED) is 0.630. The molecule has 1 aromatic carbocycles. The Labute approximate surface area is 119 Å². The molecule has 0 bridgehead atoms. The summed E-state index contributed by atoms with van der Waals surface area (Å²) in [4.78, 5) is 21.8. The normalized spacial score (nSPS) is 10.2. The molecule has 7 heteroatoms. The van der Waals surface area contributed by atoms with Gasteiger partial charge in [0.25, 0.3) is 0 Å². The molecule has 0 aliphatic heterocycles. The fourth-order valence-corrected chi connectivity index (χ4v) is 2.45. The number of nitro groups is 1. The van der Waals surface area contributed by atoms with E-state index in [1.165, 1.54) is 6.07 Å². The van der Waals surface area contributed by atoms with Gasteiger partial charge in [0.2, 0.25) is 5.91 Å². The van der Waals surface area contributed by atoms with Gasteiger partial charge >= 0.3 is 5.00 Å². The van der Waals surface area contributed by atoms with E-state index < -0.39 is 4.92 Å². The summed E-state index contributed by atoms with van der Waals surface area (Å²) < 4.78 is 0. The summed E-state index contributed by atoms with van der Waals surface area (Å²) in [5.41, 5.74) is 6.86. The van der Waals surface area contributed by atoms with Gasteiger partial charge in [-0.1, -0.05) is 23.5 Å². The summed E-state index contributed by atoms with van der Waals surface area (Å²) in [6.07, 6.45) is 0.220. The van der Waals surface area contributed by atoms with Crippen LogP contribution in [-0.4, -0.2) is 10.8 Å². The monoisotopic (exact) mass is 291 g/mol. The predicted molar refractivity (Wildman–Crippen MR) is 77.6 cm³/mol. The molecular formula is C13H13N3O3S. The summed E-state index contributed by atoms with van der Waals surface area (Å²) >= 11 is 1.15. The Morgan fingerprint density at radius 3 is 2.50 bits per heavy atom. The number of benzene rings is 1. The number of carbonyl (C=O) groups excluding carboxylic acids is 1. The molecule has 0 saturated carbocycles. The van der Waals surface area contributed by atoms with Crippen molar-refractivity contribution in [2.45, 2.75) is 13.0 Å². The molecule has 0 aliphatic rings. The number of carbonyl (C=O) groups is 1. The lowest BCUT2D eigenvalue weighted by atomic mass is 10.1. The molecule has 0 aliphatic carbocycles. The predicted octanol–water partition coefficient (Wildman–Crippen LogP) is 2.30. The first-order valence-electron chi connectivity index (χ1n) is 5.89. The van der Waals surface area contributed by atoms with Crippen LogP contribution in [0.5, 0.6) is 0 Å². The van der Waals surface area contributed by atoms with Gasteiger partial charge in [-0.2, -0.15) is 0 Å². The van der Waals surface area contributed by atoms with Gasteiger partial charge in [0.15, 0.2) is 0 Å². The SMILES string of the molecule is NC(=O)Cc1ccc(NCc2ccc([N+](=O)[O-])s2)cc1. The maximum atomic E-state index is 10.8. The maximum Gasteiger partial charge on any atom is 0.324 e. The molecule has 1 aromatic heterocycles. The third kappa shape index (κ3) is 3.79. The van der Waals surface area contributed by atoms with E-state index in [1.54, 1.807) is 6.07 Å². The minimum Gasteiger partial charge on any atom is -0.380 e. The van der Waals surface area contributed by atoms with Crippen molar-refractivity contribution in [1.29, 1.82) is 0 Å². The summed E-state index contributed by atoms with van der Waals surface area (Å²) in [6.45, 7) is 0.522. The Kier molecular flexibility index (Phi) is 4.31. The molecule has 0 fully saturated rings. The van der Waals surface area contributed by atoms with Crippen LogP contribution in [0.15, 0.2) is 36.4 Å². The van der Waals surface area contributed by atoms with E-state index in [-0.39, 0.29) is 17.3 Å². The van der Waals surface area contributed by atoms with Crippen LogP contribution in [0.2, 0.25) is 0 Å². The Balaban J connectivity index is 1.93. The van der Waals surface area contributed by atoms with Crippen molar-refractivity contribution >= 4 is 27.9 Å². The largest absolute Gasteiger partial charge is 0.380 e. The summed E-state index contributed by atoms with van der Waals surface area (Å²) in [5, 5.41) is 13.9. The molecule has 0 unspecified atom stereocenters. The zero-order valence-electron chi connectivity index (χ0n) is 10.5. The van der Waals surface area contributed by atoms with Crippen LogP contribution in [0.3, 0.4) is 0 Å². The minimum absolute atomic E-state index is 0.138. The van der Waals surface area contributed by atoms with Gasteiger partial charge in [0, 0.05) is 23.2 Å². The number of primary amides is 1. The highest BCUT2D eigenvalue weighted by Gasteiger charge is 2.09. The molecule has 2 rings (SSSR count). The van der Waals surface area contributed by atoms with E-state index in [0.717, 1.165) is 27.5 Å². The third-order valence-electron chi connectivity index (χ3n) is 2.63. The van der Waals surface area contributed by atoms with Crippen molar-refractivity contribution in [3.63, 3.8) is 0 Å². The maximum absolute atomic E-state index is 10.8. The zero-order valence-corrected chi connectivity index (χ0v) is 11.4. The first-order chi connectivity index (χ1) is 9.54. The molecule has 3 N–H and O–H groups in total. The van der Waals surface area contributed by atoms with Crippen LogP contribution in [0.25, 0.3) is 0 Å². The van der Waals surface area contributed by atoms with Crippen LogP contribution in [-0.2, 0) is 17.8 Å². The second-order valence-electron chi connectivity index (χ2n) is 4.19. The number of anilines is 1. The second-order valence-corrected chi connectivity index (χ2v) is 5.34. The Hall–Kier alpha value is -2.41. The lowest BCUT2D eigenvalue weighted by Crippen LogP contribution is -2.13. The molecule has 6 nitrogen and oxygen atoms in total. The number of nitrogens with one attached hydrogen (secondary N) is 1. The number of rotatable bonds is 6. The van der Waals surface area contributed by atoms with Crippen molar-refractivity contribution in [1.82, 2.24) is 0 Å². The Morgan fingerprint density at radius 1 is 1.25 bits per heavy atom. The highest BCUT2D eigenvalue weighted by atomic mass is 32.1. The van der Waals surface area contributed by atoms with Crippen molar-refractivity contribution in [2.75, 3.05) is 5.32 Å². The van der Waals surface area contributed by atoms with Crippen LogP contribution >= 0.6 is 11.3 Å². The average molecular weight is 291 g/mol. The van der Waals surface area contributed by atoms with E-state index in [1.807, 2.05) is 24.3 Å². The van der Waals surface area contributed by atoms with Crippen molar-refractivity contribution in [2.24, 2.45) is 5.73 Å². The first-order valence-corrected chi connectivity index (χ1v) is 6.70. The van der Waals surface area contributed by atoms with Gasteiger partial charge in [-0.3, -0.25) is 14.9 Å². The molecule has 0 saturated heterocycles. The van der Waals surface area contributed by atoms with E-state index in [4.69, 9.17) is 5.73 Å². The molecule has 2 aromatic rings. The fraction of sp³-hybridized carbons (Fsp3) is 0.154. The molecule has 0 atom stereocenters. The number of amides is 1. The highest BCUT2D eigenvalue weighted by Crippen LogP contribution is 2.24. The molecular weight excluding hydrogens is 278 g/mol. The van der Waals surface area contributed by atoms with E-state index in [9.17, 15) is 14.9 Å². The van der Waals surface area contributed by atoms with Gasteiger partial charge < -0.3 is 11.1 Å². The smallest absolute Gasteiger partial charge is 0.324 e. The van der Waals surface area contributed by atoms with Crippen LogP contribution in [0.4, 0.5) is 10.7 Å². The Morgan fingerprint density at radius 2 is 1.95 bits per heavy atom. The summed E-state index contributed by atoms with van der Waals surface area (Å²) in [5.74, 6) is -0.364. The van der Waals surface area contributed by atoms with Crippen molar-refractivity contribution in [3.8, 4) is 0 Å². The zero-order chi connectivity index (χ0) is 14.5. The lowest BCUT2D eigenvalue weighted by molar-refractivity contribution is -0.380. The van der Waals surface area contributed by atoms with Crippen LogP contribution in [0.1, 0.15) is 10.4 Å². The lowest BCUT2D eigenvalue weighted by Gasteiger charge is -2.05. The molecule has 104 valence electrons. The Bertz CT molecular complexity index is 622. The average Bonchev–Trinajstić information content (AvgIpc) is 2.86. The van der Waals surface area contributed by atoms with E-state index in [2.05, 4.69) is 5.32 Å².